The second-order valence-corrected chi connectivity index (χ2v) is 8.62. The highest BCUT2D eigenvalue weighted by Gasteiger charge is 2.21. The van der Waals surface area contributed by atoms with Crippen LogP contribution >= 0.6 is 15.9 Å². The SMILES string of the molecule is CCC(C)N(Cc1cccc(OS(C)(=O)=O)c1)C(=O)c1ccc(Br)cc1. The number of rotatable bonds is 7. The summed E-state index contributed by atoms with van der Waals surface area (Å²) < 4.78 is 28.5. The molecule has 0 spiro atoms. The van der Waals surface area contributed by atoms with E-state index < -0.39 is 10.1 Å². The van der Waals surface area contributed by atoms with Crippen molar-refractivity contribution in [1.82, 2.24) is 4.90 Å². The monoisotopic (exact) mass is 439 g/mol. The summed E-state index contributed by atoms with van der Waals surface area (Å²) in [5.74, 6) is 0.173. The smallest absolute Gasteiger partial charge is 0.306 e. The molecule has 0 aromatic heterocycles. The van der Waals surface area contributed by atoms with Crippen LogP contribution in [0.15, 0.2) is 53.0 Å². The lowest BCUT2D eigenvalue weighted by molar-refractivity contribution is 0.0671. The van der Waals surface area contributed by atoms with Gasteiger partial charge in [0, 0.05) is 22.6 Å². The summed E-state index contributed by atoms with van der Waals surface area (Å²) in [6.45, 7) is 4.38. The Hall–Kier alpha value is -1.86. The Morgan fingerprint density at radius 1 is 1.19 bits per heavy atom. The van der Waals surface area contributed by atoms with Crippen LogP contribution in [-0.4, -0.2) is 31.5 Å². The van der Waals surface area contributed by atoms with Gasteiger partial charge in [-0.2, -0.15) is 8.42 Å². The van der Waals surface area contributed by atoms with Crippen LogP contribution in [0.1, 0.15) is 36.2 Å². The van der Waals surface area contributed by atoms with Crippen LogP contribution in [-0.2, 0) is 16.7 Å². The zero-order valence-corrected chi connectivity index (χ0v) is 17.4. The van der Waals surface area contributed by atoms with Crippen molar-refractivity contribution < 1.29 is 17.4 Å². The van der Waals surface area contributed by atoms with Gasteiger partial charge in [-0.15, -0.1) is 0 Å². The second-order valence-electron chi connectivity index (χ2n) is 6.13. The molecule has 0 aliphatic carbocycles. The summed E-state index contributed by atoms with van der Waals surface area (Å²) in [6.07, 6.45) is 1.81. The first-order chi connectivity index (χ1) is 12.2. The molecule has 5 nitrogen and oxygen atoms in total. The number of hydrogen-bond donors (Lipinski definition) is 0. The van der Waals surface area contributed by atoms with Gasteiger partial charge in [0.1, 0.15) is 5.75 Å². The van der Waals surface area contributed by atoms with E-state index in [-0.39, 0.29) is 17.7 Å². The van der Waals surface area contributed by atoms with Crippen molar-refractivity contribution in [3.05, 3.63) is 64.1 Å². The van der Waals surface area contributed by atoms with Gasteiger partial charge in [0.05, 0.1) is 6.26 Å². The van der Waals surface area contributed by atoms with Gasteiger partial charge in [-0.25, -0.2) is 0 Å². The maximum absolute atomic E-state index is 13.0. The molecule has 0 aliphatic heterocycles. The van der Waals surface area contributed by atoms with Crippen LogP contribution in [0.3, 0.4) is 0 Å². The summed E-state index contributed by atoms with van der Waals surface area (Å²) in [7, 11) is -3.59. The van der Waals surface area contributed by atoms with Gasteiger partial charge in [-0.05, 0) is 55.3 Å². The molecule has 26 heavy (non-hydrogen) atoms. The summed E-state index contributed by atoms with van der Waals surface area (Å²) in [5, 5.41) is 0. The number of carbonyl (C=O) groups excluding carboxylic acids is 1. The second kappa shape index (κ2) is 8.68. The predicted octanol–water partition coefficient (Wildman–Crippen LogP) is 4.23. The first kappa shape index (κ1) is 20.5. The third-order valence-corrected chi connectivity index (χ3v) is 5.00. The van der Waals surface area contributed by atoms with E-state index in [2.05, 4.69) is 15.9 Å². The zero-order valence-electron chi connectivity index (χ0n) is 15.0. The number of hydrogen-bond acceptors (Lipinski definition) is 4. The van der Waals surface area contributed by atoms with Crippen LogP contribution in [0, 0.1) is 0 Å². The Bertz CT molecular complexity index is 865. The molecule has 0 aliphatic rings. The Morgan fingerprint density at radius 2 is 1.85 bits per heavy atom. The minimum absolute atomic E-state index is 0.0330. The summed E-state index contributed by atoms with van der Waals surface area (Å²) in [6, 6.07) is 14.1. The van der Waals surface area contributed by atoms with Crippen molar-refractivity contribution in [2.45, 2.75) is 32.9 Å². The lowest BCUT2D eigenvalue weighted by atomic mass is 10.1. The standard InChI is InChI=1S/C19H22BrNO4S/c1-4-14(2)21(19(22)16-8-10-17(20)11-9-16)13-15-6-5-7-18(12-15)25-26(3,23)24/h5-12,14H,4,13H2,1-3H3. The molecule has 1 unspecified atom stereocenters. The van der Waals surface area contributed by atoms with Gasteiger partial charge in [-0.3, -0.25) is 4.79 Å². The Kier molecular flexibility index (Phi) is 6.83. The summed E-state index contributed by atoms with van der Waals surface area (Å²) >= 11 is 3.37. The maximum Gasteiger partial charge on any atom is 0.306 e. The minimum Gasteiger partial charge on any atom is -0.383 e. The van der Waals surface area contributed by atoms with Gasteiger partial charge in [0.15, 0.2) is 0 Å². The molecule has 1 atom stereocenters. The number of halogens is 1. The van der Waals surface area contributed by atoms with Crippen LogP contribution in [0.25, 0.3) is 0 Å². The van der Waals surface area contributed by atoms with Crippen molar-refractivity contribution in [2.75, 3.05) is 6.26 Å². The fourth-order valence-corrected chi connectivity index (χ4v) is 3.19. The maximum atomic E-state index is 13.0. The first-order valence-corrected chi connectivity index (χ1v) is 10.9. The largest absolute Gasteiger partial charge is 0.383 e. The van der Waals surface area contributed by atoms with Crippen molar-refractivity contribution in [3.8, 4) is 5.75 Å². The third kappa shape index (κ3) is 5.85. The molecule has 0 radical (unpaired) electrons. The molecular formula is C19H22BrNO4S. The number of benzene rings is 2. The van der Waals surface area contributed by atoms with Gasteiger partial charge in [-0.1, -0.05) is 35.0 Å². The number of carbonyl (C=O) groups is 1. The van der Waals surface area contributed by atoms with Crippen LogP contribution in [0.4, 0.5) is 0 Å². The fraction of sp³-hybridized carbons (Fsp3) is 0.316. The van der Waals surface area contributed by atoms with Crippen LogP contribution < -0.4 is 4.18 Å². The number of nitrogens with zero attached hydrogens (tertiary/aromatic N) is 1. The molecule has 140 valence electrons. The lowest BCUT2D eigenvalue weighted by Crippen LogP contribution is -2.37. The summed E-state index contributed by atoms with van der Waals surface area (Å²) in [5.41, 5.74) is 1.41. The average molecular weight is 440 g/mol. The van der Waals surface area contributed by atoms with Crippen molar-refractivity contribution >= 4 is 32.0 Å². The van der Waals surface area contributed by atoms with Gasteiger partial charge >= 0.3 is 10.1 Å². The summed E-state index contributed by atoms with van der Waals surface area (Å²) in [4.78, 5) is 14.7. The van der Waals surface area contributed by atoms with Gasteiger partial charge in [0.2, 0.25) is 0 Å². The van der Waals surface area contributed by atoms with E-state index in [0.29, 0.717) is 12.1 Å². The van der Waals surface area contributed by atoms with E-state index in [9.17, 15) is 13.2 Å². The van der Waals surface area contributed by atoms with E-state index in [1.807, 2.05) is 32.0 Å². The van der Waals surface area contributed by atoms with E-state index in [1.54, 1.807) is 35.2 Å². The van der Waals surface area contributed by atoms with Crippen LogP contribution in [0.5, 0.6) is 5.75 Å². The van der Waals surface area contributed by atoms with E-state index >= 15 is 0 Å². The molecule has 7 heteroatoms. The van der Waals surface area contributed by atoms with E-state index in [4.69, 9.17) is 4.18 Å². The average Bonchev–Trinajstić information content (AvgIpc) is 2.58. The number of amides is 1. The molecule has 0 fully saturated rings. The molecule has 0 bridgehead atoms. The fourth-order valence-electron chi connectivity index (χ4n) is 2.47. The molecule has 2 rings (SSSR count). The first-order valence-electron chi connectivity index (χ1n) is 8.24. The van der Waals surface area contributed by atoms with E-state index in [1.165, 1.54) is 0 Å². The topological polar surface area (TPSA) is 63.7 Å². The highest BCUT2D eigenvalue weighted by atomic mass is 79.9. The van der Waals surface area contributed by atoms with Crippen molar-refractivity contribution in [3.63, 3.8) is 0 Å². The molecule has 0 N–H and O–H groups in total. The zero-order chi connectivity index (χ0) is 19.3. The van der Waals surface area contributed by atoms with Crippen molar-refractivity contribution in [1.29, 1.82) is 0 Å². The quantitative estimate of drug-likeness (QED) is 0.605. The van der Waals surface area contributed by atoms with E-state index in [0.717, 1.165) is 22.7 Å². The highest BCUT2D eigenvalue weighted by molar-refractivity contribution is 9.10. The highest BCUT2D eigenvalue weighted by Crippen LogP contribution is 2.20. The van der Waals surface area contributed by atoms with Gasteiger partial charge < -0.3 is 9.08 Å². The lowest BCUT2D eigenvalue weighted by Gasteiger charge is -2.29. The van der Waals surface area contributed by atoms with Gasteiger partial charge in [0.25, 0.3) is 5.91 Å². The Labute approximate surface area is 163 Å². The molecular weight excluding hydrogens is 418 g/mol. The molecule has 0 saturated carbocycles. The Balaban J connectivity index is 2.27. The third-order valence-electron chi connectivity index (χ3n) is 3.97. The predicted molar refractivity (Wildman–Crippen MR) is 106 cm³/mol. The van der Waals surface area contributed by atoms with Crippen molar-refractivity contribution in [2.24, 2.45) is 0 Å². The van der Waals surface area contributed by atoms with Crippen LogP contribution in [0.2, 0.25) is 0 Å². The molecule has 2 aromatic rings. The normalized spacial score (nSPS) is 12.5. The molecule has 0 saturated heterocycles. The minimum atomic E-state index is -3.59. The molecule has 0 heterocycles. The Morgan fingerprint density at radius 3 is 2.42 bits per heavy atom. The molecule has 1 amide bonds. The molecule has 2 aromatic carbocycles.